The number of alkyl halides is 1. The number of rotatable bonds is 5. The average molecular weight is 405 g/mol. The van der Waals surface area contributed by atoms with Crippen LogP contribution in [0.5, 0.6) is 5.88 Å². The zero-order valence-corrected chi connectivity index (χ0v) is 15.5. The summed E-state index contributed by atoms with van der Waals surface area (Å²) in [5.41, 5.74) is 0.371. The minimum absolute atomic E-state index is 0.0352. The fraction of sp³-hybridized carbons (Fsp3) is 0.333. The number of carbonyl (C=O) groups is 1. The summed E-state index contributed by atoms with van der Waals surface area (Å²) in [7, 11) is 0. The number of anilines is 1. The largest absolute Gasteiger partial charge is 0.471 e. The Morgan fingerprint density at radius 1 is 1.43 bits per heavy atom. The van der Waals surface area contributed by atoms with Crippen LogP contribution in [0.3, 0.4) is 0 Å². The summed E-state index contributed by atoms with van der Waals surface area (Å²) >= 11 is 1.04. The number of nitrogens with one attached hydrogen (secondary N) is 2. The zero-order valence-electron chi connectivity index (χ0n) is 14.6. The van der Waals surface area contributed by atoms with Gasteiger partial charge in [0.2, 0.25) is 5.88 Å². The molecule has 2 aromatic rings. The summed E-state index contributed by atoms with van der Waals surface area (Å²) in [6, 6.07) is 0. The first-order chi connectivity index (χ1) is 13.6. The number of amides is 1. The lowest BCUT2D eigenvalue weighted by Gasteiger charge is -2.17. The van der Waals surface area contributed by atoms with E-state index in [1.54, 1.807) is 0 Å². The van der Waals surface area contributed by atoms with Crippen LogP contribution in [0.15, 0.2) is 42.0 Å². The predicted octanol–water partition coefficient (Wildman–Crippen LogP) is 2.77. The van der Waals surface area contributed by atoms with Crippen LogP contribution in [0.1, 0.15) is 27.8 Å². The highest BCUT2D eigenvalue weighted by atomic mass is 32.1. The number of hydrogen-bond donors (Lipinski definition) is 2. The Hall–Kier alpha value is -2.72. The van der Waals surface area contributed by atoms with E-state index in [0.717, 1.165) is 24.3 Å². The molecule has 10 heteroatoms. The van der Waals surface area contributed by atoms with Gasteiger partial charge in [0, 0.05) is 11.9 Å². The van der Waals surface area contributed by atoms with Crippen molar-refractivity contribution in [1.82, 2.24) is 20.3 Å². The summed E-state index contributed by atoms with van der Waals surface area (Å²) < 4.78 is 33.8. The van der Waals surface area contributed by atoms with Crippen molar-refractivity contribution in [2.24, 2.45) is 0 Å². The van der Waals surface area contributed by atoms with Crippen LogP contribution in [0.25, 0.3) is 0 Å². The van der Waals surface area contributed by atoms with Gasteiger partial charge in [0.25, 0.3) is 5.91 Å². The number of hydrogen-bond acceptors (Lipinski definition) is 7. The molecule has 1 aliphatic heterocycles. The van der Waals surface area contributed by atoms with Crippen LogP contribution >= 0.6 is 11.3 Å². The first-order valence-corrected chi connectivity index (χ1v) is 9.62. The molecule has 3 unspecified atom stereocenters. The zero-order chi connectivity index (χ0) is 19.5. The molecule has 2 aromatic heterocycles. The molecule has 1 aliphatic carbocycles. The summed E-state index contributed by atoms with van der Waals surface area (Å²) in [6.07, 6.45) is 5.84. The lowest BCUT2D eigenvalue weighted by atomic mass is 9.98. The first kappa shape index (κ1) is 18.6. The van der Waals surface area contributed by atoms with Gasteiger partial charge in [0.1, 0.15) is 40.8 Å². The van der Waals surface area contributed by atoms with Gasteiger partial charge >= 0.3 is 0 Å². The normalized spacial score (nSPS) is 24.1. The molecule has 1 saturated heterocycles. The maximum absolute atomic E-state index is 14.0. The van der Waals surface area contributed by atoms with Crippen molar-refractivity contribution in [3.63, 3.8) is 0 Å². The minimum Gasteiger partial charge on any atom is -0.471 e. The Balaban J connectivity index is 1.48. The van der Waals surface area contributed by atoms with Gasteiger partial charge in [-0.25, -0.2) is 18.7 Å². The number of carbonyl (C=O) groups excluding carboxylic acids is 1. The van der Waals surface area contributed by atoms with Crippen molar-refractivity contribution >= 4 is 22.9 Å². The van der Waals surface area contributed by atoms with E-state index in [0.29, 0.717) is 12.2 Å². The van der Waals surface area contributed by atoms with Crippen LogP contribution in [-0.2, 0) is 0 Å². The highest BCUT2D eigenvalue weighted by Gasteiger charge is 2.31. The lowest BCUT2D eigenvalue weighted by Crippen LogP contribution is -2.22. The number of allylic oxidation sites excluding steroid dienone is 4. The molecular formula is C18H17F2N5O2S. The van der Waals surface area contributed by atoms with Gasteiger partial charge in [-0.15, -0.1) is 11.3 Å². The van der Waals surface area contributed by atoms with Gasteiger partial charge < -0.3 is 15.4 Å². The molecule has 4 rings (SSSR count). The third kappa shape index (κ3) is 3.92. The Labute approximate surface area is 163 Å². The smallest absolute Gasteiger partial charge is 0.275 e. The maximum atomic E-state index is 14.0. The van der Waals surface area contributed by atoms with Crippen LogP contribution < -0.4 is 15.4 Å². The quantitative estimate of drug-likeness (QED) is 0.795. The van der Waals surface area contributed by atoms with Gasteiger partial charge in [0.15, 0.2) is 0 Å². The molecule has 0 aromatic carbocycles. The van der Waals surface area contributed by atoms with Gasteiger partial charge in [-0.3, -0.25) is 4.79 Å². The van der Waals surface area contributed by atoms with Crippen LogP contribution in [-0.4, -0.2) is 46.2 Å². The van der Waals surface area contributed by atoms with Crippen molar-refractivity contribution in [3.8, 4) is 5.88 Å². The van der Waals surface area contributed by atoms with Crippen molar-refractivity contribution in [1.29, 1.82) is 0 Å². The van der Waals surface area contributed by atoms with Crippen molar-refractivity contribution in [2.45, 2.75) is 24.6 Å². The fourth-order valence-corrected chi connectivity index (χ4v) is 3.91. The second kappa shape index (κ2) is 8.11. The van der Waals surface area contributed by atoms with Crippen molar-refractivity contribution in [2.75, 3.05) is 18.4 Å². The van der Waals surface area contributed by atoms with Gasteiger partial charge in [-0.1, -0.05) is 6.08 Å². The molecule has 28 heavy (non-hydrogen) atoms. The third-order valence-corrected chi connectivity index (χ3v) is 5.33. The second-order valence-electron chi connectivity index (χ2n) is 6.36. The Bertz CT molecular complexity index is 926. The van der Waals surface area contributed by atoms with Gasteiger partial charge in [0.05, 0.1) is 12.1 Å². The number of thiazole rings is 1. The standard InChI is InChI=1S/C18H17F2N5O2S/c19-11-2-1-3-12(20)15(11)18-25-14(8-28-18)16(26)24-13-7-22-9-23-17(13)27-10-4-5-21-6-10/h1-3,7-11,15,21H,4-6H2,(H,24,26). The van der Waals surface area contributed by atoms with E-state index in [4.69, 9.17) is 4.74 Å². The highest BCUT2D eigenvalue weighted by molar-refractivity contribution is 7.10. The van der Waals surface area contributed by atoms with E-state index < -0.39 is 23.8 Å². The summed E-state index contributed by atoms with van der Waals surface area (Å²) in [5.74, 6) is -2.00. The minimum atomic E-state index is -1.52. The number of ether oxygens (including phenoxy) is 1. The van der Waals surface area contributed by atoms with Crippen LogP contribution in [0, 0.1) is 0 Å². The average Bonchev–Trinajstić information content (AvgIpc) is 3.35. The molecule has 0 saturated carbocycles. The highest BCUT2D eigenvalue weighted by Crippen LogP contribution is 2.36. The molecule has 0 radical (unpaired) electrons. The molecular weight excluding hydrogens is 388 g/mol. The molecule has 2 aliphatic rings. The van der Waals surface area contributed by atoms with E-state index in [9.17, 15) is 13.6 Å². The second-order valence-corrected chi connectivity index (χ2v) is 7.25. The Morgan fingerprint density at radius 2 is 2.32 bits per heavy atom. The van der Waals surface area contributed by atoms with Crippen molar-refractivity contribution in [3.05, 3.63) is 52.7 Å². The number of nitrogens with zero attached hydrogens (tertiary/aromatic N) is 3. The van der Waals surface area contributed by atoms with E-state index in [1.165, 1.54) is 36.1 Å². The molecule has 0 bridgehead atoms. The van der Waals surface area contributed by atoms with Crippen molar-refractivity contribution < 1.29 is 18.3 Å². The van der Waals surface area contributed by atoms with Gasteiger partial charge in [-0.2, -0.15) is 4.98 Å². The summed E-state index contributed by atoms with van der Waals surface area (Å²) in [4.78, 5) is 24.7. The predicted molar refractivity (Wildman–Crippen MR) is 100.0 cm³/mol. The van der Waals surface area contributed by atoms with Crippen LogP contribution in [0.2, 0.25) is 0 Å². The monoisotopic (exact) mass is 405 g/mol. The summed E-state index contributed by atoms with van der Waals surface area (Å²) in [6.45, 7) is 1.56. The van der Waals surface area contributed by atoms with E-state index in [2.05, 4.69) is 25.6 Å². The Morgan fingerprint density at radius 3 is 3.11 bits per heavy atom. The van der Waals surface area contributed by atoms with E-state index in [-0.39, 0.29) is 22.7 Å². The molecule has 0 spiro atoms. The van der Waals surface area contributed by atoms with E-state index in [1.807, 2.05) is 0 Å². The Kier molecular flexibility index (Phi) is 5.40. The fourth-order valence-electron chi connectivity index (χ4n) is 2.98. The first-order valence-electron chi connectivity index (χ1n) is 8.74. The molecule has 146 valence electrons. The van der Waals surface area contributed by atoms with Crippen LogP contribution in [0.4, 0.5) is 14.5 Å². The van der Waals surface area contributed by atoms with Gasteiger partial charge in [-0.05, 0) is 25.1 Å². The molecule has 3 atom stereocenters. The van der Waals surface area contributed by atoms with E-state index >= 15 is 0 Å². The third-order valence-electron chi connectivity index (χ3n) is 4.40. The molecule has 1 fully saturated rings. The molecule has 3 heterocycles. The molecule has 2 N–H and O–H groups in total. The topological polar surface area (TPSA) is 89.0 Å². The number of aromatic nitrogens is 3. The SMILES string of the molecule is O=C(Nc1cncnc1OC1CCNC1)c1csc(C2C(F)=CC=CC2F)n1. The number of halogens is 2. The molecule has 7 nitrogen and oxygen atoms in total. The molecule has 1 amide bonds. The summed E-state index contributed by atoms with van der Waals surface area (Å²) in [5, 5.41) is 7.51. The maximum Gasteiger partial charge on any atom is 0.275 e. The lowest BCUT2D eigenvalue weighted by molar-refractivity contribution is 0.102.